The molecular weight excluding hydrogens is 576 g/mol. The van der Waals surface area contributed by atoms with Crippen LogP contribution in [0.3, 0.4) is 0 Å². The van der Waals surface area contributed by atoms with E-state index in [1.807, 2.05) is 30.9 Å². The van der Waals surface area contributed by atoms with E-state index < -0.39 is 15.6 Å². The molecule has 39 heavy (non-hydrogen) atoms. The third-order valence-corrected chi connectivity index (χ3v) is 7.52. The van der Waals surface area contributed by atoms with Gasteiger partial charge in [-0.3, -0.25) is 0 Å². The highest BCUT2D eigenvalue weighted by atomic mass is 35.5. The van der Waals surface area contributed by atoms with E-state index in [4.69, 9.17) is 59.6 Å². The minimum Gasteiger partial charge on any atom is -0.487 e. The third kappa shape index (κ3) is 10.2. The van der Waals surface area contributed by atoms with E-state index in [-0.39, 0.29) is 17.1 Å². The zero-order valence-corrected chi connectivity index (χ0v) is 24.3. The quantitative estimate of drug-likeness (QED) is 0.278. The number of nitrogens with zero attached hydrogens (tertiary/aromatic N) is 3. The lowest BCUT2D eigenvalue weighted by molar-refractivity contribution is -0.174. The maximum absolute atomic E-state index is 8.88. The molecule has 1 spiro atoms. The van der Waals surface area contributed by atoms with Gasteiger partial charge >= 0.3 is 15.6 Å². The monoisotopic (exact) mass is 611 g/mol. The van der Waals surface area contributed by atoms with Gasteiger partial charge in [0.25, 0.3) is 0 Å². The summed E-state index contributed by atoms with van der Waals surface area (Å²) < 4.78 is 32.9. The van der Waals surface area contributed by atoms with E-state index in [9.17, 15) is 0 Å². The molecule has 0 saturated carbocycles. The number of phosphoric acid groups is 2. The van der Waals surface area contributed by atoms with Gasteiger partial charge in [-0.2, -0.15) is 0 Å². The maximum atomic E-state index is 8.88. The summed E-state index contributed by atoms with van der Waals surface area (Å²) >= 11 is 6.20. The number of hydrogen-bond donors (Lipinski definition) is 6. The second kappa shape index (κ2) is 12.7. The van der Waals surface area contributed by atoms with Crippen LogP contribution in [0.1, 0.15) is 44.8 Å². The number of piperidine rings is 1. The largest absolute Gasteiger partial charge is 0.487 e. The third-order valence-electron chi connectivity index (χ3n) is 7.29. The van der Waals surface area contributed by atoms with Crippen LogP contribution >= 0.6 is 27.2 Å². The van der Waals surface area contributed by atoms with Crippen molar-refractivity contribution in [2.45, 2.75) is 51.4 Å². The summed E-state index contributed by atoms with van der Waals surface area (Å²) in [6.45, 7) is 9.64. The molecule has 5 rings (SSSR count). The molecule has 2 saturated heterocycles. The van der Waals surface area contributed by atoms with Crippen molar-refractivity contribution in [2.75, 3.05) is 26.2 Å². The van der Waals surface area contributed by atoms with Crippen molar-refractivity contribution < 1.29 is 48.0 Å². The van der Waals surface area contributed by atoms with Crippen LogP contribution < -0.4 is 4.74 Å². The van der Waals surface area contributed by atoms with Gasteiger partial charge in [-0.05, 0) is 63.7 Å². The number of aromatic nitrogens is 2. The molecule has 1 aromatic heterocycles. The van der Waals surface area contributed by atoms with Crippen LogP contribution in [-0.4, -0.2) is 75.7 Å². The van der Waals surface area contributed by atoms with Crippen LogP contribution in [0.2, 0.25) is 5.02 Å². The normalized spacial score (nSPS) is 23.7. The molecule has 3 aliphatic rings. The number of fused-ring (bicyclic) bond motifs is 3. The summed E-state index contributed by atoms with van der Waals surface area (Å²) in [5, 5.41) is 0.716. The molecule has 13 nitrogen and oxygen atoms in total. The topological polar surface area (TPSA) is 195 Å². The van der Waals surface area contributed by atoms with Crippen LogP contribution in [0, 0.1) is 11.3 Å². The second-order valence-electron chi connectivity index (χ2n) is 10.6. The van der Waals surface area contributed by atoms with Crippen molar-refractivity contribution in [2.24, 2.45) is 11.3 Å². The van der Waals surface area contributed by atoms with Gasteiger partial charge in [0.2, 0.25) is 0 Å². The summed E-state index contributed by atoms with van der Waals surface area (Å²) in [5.74, 6) is 1.25. The molecule has 2 fully saturated rings. The van der Waals surface area contributed by atoms with Gasteiger partial charge in [0.05, 0.1) is 19.0 Å². The number of imidazole rings is 1. The van der Waals surface area contributed by atoms with Crippen molar-refractivity contribution in [3.8, 4) is 5.75 Å². The predicted molar refractivity (Wildman–Crippen MR) is 142 cm³/mol. The first-order valence-electron chi connectivity index (χ1n) is 12.3. The molecule has 220 valence electrons. The summed E-state index contributed by atoms with van der Waals surface area (Å²) in [6, 6.07) is 5.97. The average molecular weight is 612 g/mol. The number of ether oxygens (including phenoxy) is 2. The van der Waals surface area contributed by atoms with Gasteiger partial charge in [-0.25, -0.2) is 14.1 Å². The Morgan fingerprint density at radius 1 is 1.05 bits per heavy atom. The zero-order valence-electron chi connectivity index (χ0n) is 21.7. The highest BCUT2D eigenvalue weighted by Gasteiger charge is 2.52. The summed E-state index contributed by atoms with van der Waals surface area (Å²) in [7, 11) is -9.28. The van der Waals surface area contributed by atoms with Crippen LogP contribution in [0.15, 0.2) is 36.9 Å². The first-order valence-corrected chi connectivity index (χ1v) is 15.8. The van der Waals surface area contributed by atoms with E-state index in [1.54, 1.807) is 0 Å². The SMILES string of the molecule is CC1(C)Oc2cc(Cl)ccc2[C@@H]2OCC3(CCN(CCn4ccnc4)CC3)C[C@H]21.O=P(O)(O)O.O=P(O)(O)O. The Balaban J connectivity index is 0.000000362. The average Bonchev–Trinajstić information content (AvgIpc) is 3.30. The number of benzene rings is 1. The Labute approximate surface area is 231 Å². The van der Waals surface area contributed by atoms with Gasteiger partial charge in [-0.15, -0.1) is 0 Å². The molecular formula is C23H36ClN3O10P2. The van der Waals surface area contributed by atoms with E-state index >= 15 is 0 Å². The summed E-state index contributed by atoms with van der Waals surface area (Å²) in [4.78, 5) is 49.8. The molecule has 0 aliphatic carbocycles. The minimum absolute atomic E-state index is 0.107. The van der Waals surface area contributed by atoms with E-state index in [1.165, 1.54) is 19.3 Å². The van der Waals surface area contributed by atoms with Crippen LogP contribution in [0.5, 0.6) is 5.75 Å². The van der Waals surface area contributed by atoms with E-state index in [2.05, 4.69) is 34.4 Å². The van der Waals surface area contributed by atoms with Crippen molar-refractivity contribution >= 4 is 27.2 Å². The fourth-order valence-electron chi connectivity index (χ4n) is 5.40. The van der Waals surface area contributed by atoms with Crippen molar-refractivity contribution in [3.63, 3.8) is 0 Å². The number of rotatable bonds is 3. The lowest BCUT2D eigenvalue weighted by Crippen LogP contribution is -2.54. The van der Waals surface area contributed by atoms with E-state index in [0.29, 0.717) is 10.9 Å². The smallest absolute Gasteiger partial charge is 0.466 e. The molecule has 0 amide bonds. The molecule has 0 bridgehead atoms. The Morgan fingerprint density at radius 2 is 1.67 bits per heavy atom. The first-order chi connectivity index (χ1) is 17.9. The fourth-order valence-corrected chi connectivity index (χ4v) is 5.56. The molecule has 4 heterocycles. The number of hydrogen-bond acceptors (Lipinski definition) is 6. The second-order valence-corrected chi connectivity index (χ2v) is 13.1. The van der Waals surface area contributed by atoms with Crippen molar-refractivity contribution in [1.29, 1.82) is 0 Å². The Hall–Kier alpha value is -1.34. The lowest BCUT2D eigenvalue weighted by Gasteiger charge is -2.54. The molecule has 2 atom stereocenters. The Morgan fingerprint density at radius 3 is 2.23 bits per heavy atom. The molecule has 3 aliphatic heterocycles. The highest BCUT2D eigenvalue weighted by Crippen LogP contribution is 2.55. The van der Waals surface area contributed by atoms with Gasteiger partial charge in [0.15, 0.2) is 0 Å². The fraction of sp³-hybridized carbons (Fsp3) is 0.609. The highest BCUT2D eigenvalue weighted by molar-refractivity contribution is 7.45. The van der Waals surface area contributed by atoms with Gasteiger partial charge < -0.3 is 48.3 Å². The van der Waals surface area contributed by atoms with Gasteiger partial charge in [0.1, 0.15) is 11.4 Å². The number of likely N-dealkylation sites (tertiary alicyclic amines) is 1. The molecule has 16 heteroatoms. The summed E-state index contributed by atoms with van der Waals surface area (Å²) in [5.41, 5.74) is 1.18. The van der Waals surface area contributed by atoms with Crippen molar-refractivity contribution in [3.05, 3.63) is 47.5 Å². The van der Waals surface area contributed by atoms with Gasteiger partial charge in [-0.1, -0.05) is 17.7 Å². The Kier molecular flexibility index (Phi) is 10.5. The van der Waals surface area contributed by atoms with Gasteiger partial charge in [0, 0.05) is 42.0 Å². The van der Waals surface area contributed by atoms with Crippen LogP contribution in [0.25, 0.3) is 0 Å². The van der Waals surface area contributed by atoms with Crippen LogP contribution in [-0.2, 0) is 20.4 Å². The van der Waals surface area contributed by atoms with E-state index in [0.717, 1.165) is 44.1 Å². The molecule has 1 aromatic carbocycles. The zero-order chi connectivity index (χ0) is 29.1. The predicted octanol–water partition coefficient (Wildman–Crippen LogP) is 2.71. The molecule has 6 N–H and O–H groups in total. The Bertz CT molecular complexity index is 1140. The lowest BCUT2D eigenvalue weighted by atomic mass is 9.64. The maximum Gasteiger partial charge on any atom is 0.466 e. The standard InChI is InChI=1S/C23H30ClN3O2.2H3O4P/c1-22(2)19-14-23(5-8-26(9-6-23)11-12-27-10-7-25-16-27)15-28-21(19)18-4-3-17(24)13-20(18)29-22;2*1-5(2,3)4/h3-4,7,10,13,16,19,21H,5-6,8-9,11-12,14-15H2,1-2H3;2*(H3,1,2,3,4)/t19-,21+;;/m1../s1. The van der Waals surface area contributed by atoms with Crippen LogP contribution in [0.4, 0.5) is 0 Å². The summed E-state index contributed by atoms with van der Waals surface area (Å²) in [6.07, 6.45) is 9.46. The van der Waals surface area contributed by atoms with Crippen molar-refractivity contribution in [1.82, 2.24) is 14.5 Å². The molecule has 2 aromatic rings. The molecule has 0 radical (unpaired) electrons. The molecule has 0 unspecified atom stereocenters. The first kappa shape index (κ1) is 32.2. The minimum atomic E-state index is -4.64. The number of halogens is 1.